The maximum Gasteiger partial charge on any atom is 0.262 e. The molecule has 5 rings (SSSR count). The normalized spacial score (nSPS) is 17.2. The molecule has 3 amide bonds. The molecule has 5 heteroatoms. The summed E-state index contributed by atoms with van der Waals surface area (Å²) in [5.74, 6) is -1.13. The molecule has 3 aromatic carbocycles. The van der Waals surface area contributed by atoms with Gasteiger partial charge in [-0.1, -0.05) is 66.7 Å². The van der Waals surface area contributed by atoms with Gasteiger partial charge in [-0.25, -0.2) is 0 Å². The van der Waals surface area contributed by atoms with Crippen molar-refractivity contribution in [1.82, 2.24) is 4.90 Å². The first kappa shape index (κ1) is 21.8. The minimum Gasteiger partial charge on any atom is -0.301 e. The Kier molecular flexibility index (Phi) is 5.20. The Labute approximate surface area is 199 Å². The van der Waals surface area contributed by atoms with Gasteiger partial charge in [0.2, 0.25) is 0 Å². The lowest BCUT2D eigenvalue weighted by molar-refractivity contribution is -0.123. The third kappa shape index (κ3) is 3.45. The number of carbonyl (C=O) groups is 3. The van der Waals surface area contributed by atoms with E-state index >= 15 is 0 Å². The zero-order valence-corrected chi connectivity index (χ0v) is 19.5. The summed E-state index contributed by atoms with van der Waals surface area (Å²) in [4.78, 5) is 44.1. The lowest BCUT2D eigenvalue weighted by atomic mass is 9.87. The molecule has 0 spiro atoms. The number of fused-ring (bicyclic) bond motifs is 2. The Balaban J connectivity index is 1.62. The molecule has 0 unspecified atom stereocenters. The van der Waals surface area contributed by atoms with Crippen LogP contribution in [0.3, 0.4) is 0 Å². The van der Waals surface area contributed by atoms with Crippen LogP contribution >= 0.6 is 0 Å². The lowest BCUT2D eigenvalue weighted by Gasteiger charge is -2.44. The van der Waals surface area contributed by atoms with Gasteiger partial charge < -0.3 is 4.90 Å². The summed E-state index contributed by atoms with van der Waals surface area (Å²) >= 11 is 0. The molecule has 0 saturated carbocycles. The summed E-state index contributed by atoms with van der Waals surface area (Å²) in [5, 5.41) is 0. The van der Waals surface area contributed by atoms with Crippen LogP contribution in [0.2, 0.25) is 0 Å². The van der Waals surface area contributed by atoms with Crippen molar-refractivity contribution in [2.24, 2.45) is 0 Å². The second kappa shape index (κ2) is 8.10. The molecule has 0 bridgehead atoms. The Bertz CT molecular complexity index is 1310. The number of rotatable bonds is 4. The van der Waals surface area contributed by atoms with Crippen LogP contribution in [0.5, 0.6) is 0 Å². The van der Waals surface area contributed by atoms with E-state index in [1.54, 1.807) is 29.2 Å². The van der Waals surface area contributed by atoms with E-state index in [1.807, 2.05) is 75.4 Å². The number of allylic oxidation sites excluding steroid dienone is 1. The first-order chi connectivity index (χ1) is 16.3. The van der Waals surface area contributed by atoms with Crippen LogP contribution in [-0.2, 0) is 11.2 Å². The maximum atomic E-state index is 14.4. The van der Waals surface area contributed by atoms with Gasteiger partial charge in [-0.3, -0.25) is 19.3 Å². The largest absolute Gasteiger partial charge is 0.301 e. The zero-order valence-electron chi connectivity index (χ0n) is 19.5. The second-order valence-electron chi connectivity index (χ2n) is 9.40. The van der Waals surface area contributed by atoms with Gasteiger partial charge >= 0.3 is 0 Å². The standard InChI is InChI=1S/C29H26N2O3/c1-19-18-29(2,3)31(24-16-10-9-13-21(19)24)28(34)25(17-20-11-5-4-6-12-20)30-26(32)22-14-7-8-15-23(22)27(30)33/h4-16,18,25H,17H2,1-3H3/t25-/m1/s1. The highest BCUT2D eigenvalue weighted by Gasteiger charge is 2.47. The number of hydrogen-bond acceptors (Lipinski definition) is 3. The maximum absolute atomic E-state index is 14.4. The summed E-state index contributed by atoms with van der Waals surface area (Å²) in [5.41, 5.74) is 3.77. The van der Waals surface area contributed by atoms with E-state index in [2.05, 4.69) is 6.08 Å². The molecule has 0 aliphatic carbocycles. The fourth-order valence-corrected chi connectivity index (χ4v) is 5.15. The Morgan fingerprint density at radius 3 is 1.94 bits per heavy atom. The van der Waals surface area contributed by atoms with Crippen molar-refractivity contribution in [2.75, 3.05) is 4.90 Å². The van der Waals surface area contributed by atoms with Crippen LogP contribution in [0.15, 0.2) is 84.9 Å². The molecule has 5 nitrogen and oxygen atoms in total. The van der Waals surface area contributed by atoms with Gasteiger partial charge in [-0.05, 0) is 50.1 Å². The first-order valence-electron chi connectivity index (χ1n) is 11.4. The smallest absolute Gasteiger partial charge is 0.262 e. The highest BCUT2D eigenvalue weighted by molar-refractivity contribution is 6.23. The Morgan fingerprint density at radius 1 is 0.794 bits per heavy atom. The molecule has 0 aromatic heterocycles. The number of para-hydroxylation sites is 1. The van der Waals surface area contributed by atoms with Crippen molar-refractivity contribution in [3.8, 4) is 0 Å². The average molecular weight is 451 g/mol. The fourth-order valence-electron chi connectivity index (χ4n) is 5.15. The summed E-state index contributed by atoms with van der Waals surface area (Å²) < 4.78 is 0. The highest BCUT2D eigenvalue weighted by atomic mass is 16.2. The molecule has 2 aliphatic heterocycles. The summed E-state index contributed by atoms with van der Waals surface area (Å²) in [6, 6.07) is 23.1. The molecule has 2 aliphatic rings. The van der Waals surface area contributed by atoms with E-state index in [1.165, 1.54) is 0 Å². The Hall–Kier alpha value is -3.99. The highest BCUT2D eigenvalue weighted by Crippen LogP contribution is 2.40. The molecule has 0 fully saturated rings. The van der Waals surface area contributed by atoms with Crippen molar-refractivity contribution >= 4 is 29.0 Å². The van der Waals surface area contributed by atoms with E-state index in [4.69, 9.17) is 0 Å². The molecule has 1 atom stereocenters. The molecule has 0 N–H and O–H groups in total. The van der Waals surface area contributed by atoms with Gasteiger partial charge in [0, 0.05) is 12.0 Å². The summed E-state index contributed by atoms with van der Waals surface area (Å²) in [7, 11) is 0. The second-order valence-corrected chi connectivity index (χ2v) is 9.40. The van der Waals surface area contributed by atoms with Gasteiger partial charge in [-0.2, -0.15) is 0 Å². The van der Waals surface area contributed by atoms with Crippen molar-refractivity contribution < 1.29 is 14.4 Å². The monoisotopic (exact) mass is 450 g/mol. The number of hydrogen-bond donors (Lipinski definition) is 0. The van der Waals surface area contributed by atoms with Crippen molar-refractivity contribution in [3.63, 3.8) is 0 Å². The predicted molar refractivity (Wildman–Crippen MR) is 133 cm³/mol. The molecule has 3 aromatic rings. The quantitative estimate of drug-likeness (QED) is 0.518. The first-order valence-corrected chi connectivity index (χ1v) is 11.4. The average Bonchev–Trinajstić information content (AvgIpc) is 3.07. The van der Waals surface area contributed by atoms with Crippen molar-refractivity contribution in [1.29, 1.82) is 0 Å². The van der Waals surface area contributed by atoms with Crippen molar-refractivity contribution in [3.05, 3.63) is 107 Å². The van der Waals surface area contributed by atoms with Gasteiger partial charge in [0.15, 0.2) is 0 Å². The number of amides is 3. The minimum absolute atomic E-state index is 0.239. The van der Waals surface area contributed by atoms with Crippen molar-refractivity contribution in [2.45, 2.75) is 38.8 Å². The van der Waals surface area contributed by atoms with E-state index in [-0.39, 0.29) is 12.3 Å². The topological polar surface area (TPSA) is 57.7 Å². The van der Waals surface area contributed by atoms with Crippen LogP contribution in [0.25, 0.3) is 5.57 Å². The molecular weight excluding hydrogens is 424 g/mol. The van der Waals surface area contributed by atoms with Gasteiger partial charge in [-0.15, -0.1) is 0 Å². The van der Waals surface area contributed by atoms with Crippen LogP contribution < -0.4 is 4.90 Å². The lowest BCUT2D eigenvalue weighted by Crippen LogP contribution is -2.58. The van der Waals surface area contributed by atoms with E-state index in [9.17, 15) is 14.4 Å². The molecular formula is C29H26N2O3. The number of imide groups is 1. The third-order valence-electron chi connectivity index (χ3n) is 6.63. The third-order valence-corrected chi connectivity index (χ3v) is 6.63. The van der Waals surface area contributed by atoms with Gasteiger partial charge in [0.05, 0.1) is 22.4 Å². The number of nitrogens with zero attached hydrogens (tertiary/aromatic N) is 2. The van der Waals surface area contributed by atoms with Gasteiger partial charge in [0.1, 0.15) is 6.04 Å². The molecule has 170 valence electrons. The molecule has 0 saturated heterocycles. The fraction of sp³-hybridized carbons (Fsp3) is 0.207. The van der Waals surface area contributed by atoms with Gasteiger partial charge in [0.25, 0.3) is 17.7 Å². The zero-order chi connectivity index (χ0) is 24.0. The molecule has 0 radical (unpaired) electrons. The van der Waals surface area contributed by atoms with Crippen LogP contribution in [0, 0.1) is 0 Å². The molecule has 34 heavy (non-hydrogen) atoms. The number of benzene rings is 3. The van der Waals surface area contributed by atoms with E-state index in [0.717, 1.165) is 27.3 Å². The minimum atomic E-state index is -0.978. The van der Waals surface area contributed by atoms with Crippen LogP contribution in [0.4, 0.5) is 5.69 Å². The van der Waals surface area contributed by atoms with Crippen LogP contribution in [-0.4, -0.2) is 34.2 Å². The number of carbonyl (C=O) groups excluding carboxylic acids is 3. The molecule has 2 heterocycles. The van der Waals surface area contributed by atoms with Crippen LogP contribution in [0.1, 0.15) is 52.6 Å². The summed E-state index contributed by atoms with van der Waals surface area (Å²) in [6.45, 7) is 5.99. The number of anilines is 1. The van der Waals surface area contributed by atoms with E-state index < -0.39 is 23.4 Å². The summed E-state index contributed by atoms with van der Waals surface area (Å²) in [6.07, 6.45) is 2.30. The Morgan fingerprint density at radius 2 is 1.32 bits per heavy atom. The van der Waals surface area contributed by atoms with E-state index in [0.29, 0.717) is 11.1 Å². The predicted octanol–water partition coefficient (Wildman–Crippen LogP) is 5.12. The SMILES string of the molecule is CC1=CC(C)(C)N(C(=O)[C@@H](Cc2ccccc2)N2C(=O)c3ccccc3C2=O)c2ccccc21.